The third kappa shape index (κ3) is 2.06. The van der Waals surface area contributed by atoms with Gasteiger partial charge in [-0.25, -0.2) is 4.98 Å². The zero-order valence-electron chi connectivity index (χ0n) is 9.28. The molecule has 3 rings (SSSR count). The van der Waals surface area contributed by atoms with Gasteiger partial charge in [0.25, 0.3) is 5.78 Å². The van der Waals surface area contributed by atoms with E-state index in [0.717, 1.165) is 32.0 Å². The van der Waals surface area contributed by atoms with E-state index in [1.807, 2.05) is 0 Å². The first-order valence-corrected chi connectivity index (χ1v) is 5.51. The maximum atomic E-state index is 9.75. The van der Waals surface area contributed by atoms with Gasteiger partial charge in [-0.3, -0.25) is 4.90 Å². The highest BCUT2D eigenvalue weighted by atomic mass is 16.5. The second-order valence-electron chi connectivity index (χ2n) is 3.97. The maximum Gasteiger partial charge on any atom is 0.255 e. The minimum Gasteiger partial charge on any atom is -0.493 e. The lowest BCUT2D eigenvalue weighted by molar-refractivity contribution is 0.0336. The van der Waals surface area contributed by atoms with Crippen LogP contribution in [0.1, 0.15) is 5.69 Å². The number of morpholine rings is 1. The Balaban J connectivity index is 1.84. The Kier molecular flexibility index (Phi) is 2.62. The van der Waals surface area contributed by atoms with Crippen molar-refractivity contribution in [3.63, 3.8) is 0 Å². The Hall–Kier alpha value is -1.73. The number of aromatic hydroxyl groups is 1. The number of hydrogen-bond donors (Lipinski definition) is 1. The van der Waals surface area contributed by atoms with Crippen LogP contribution in [0.3, 0.4) is 0 Å². The van der Waals surface area contributed by atoms with Crippen LogP contribution in [0.25, 0.3) is 5.78 Å². The lowest BCUT2D eigenvalue weighted by atomic mass is 10.3. The van der Waals surface area contributed by atoms with Gasteiger partial charge in [-0.1, -0.05) is 0 Å². The molecule has 0 aromatic carbocycles. The van der Waals surface area contributed by atoms with Gasteiger partial charge in [0.15, 0.2) is 0 Å². The summed E-state index contributed by atoms with van der Waals surface area (Å²) in [7, 11) is 0. The highest BCUT2D eigenvalue weighted by Crippen LogP contribution is 2.13. The minimum absolute atomic E-state index is 0.0655. The van der Waals surface area contributed by atoms with Gasteiger partial charge in [0.05, 0.1) is 18.9 Å². The van der Waals surface area contributed by atoms with E-state index in [-0.39, 0.29) is 5.88 Å². The van der Waals surface area contributed by atoms with Crippen LogP contribution >= 0.6 is 0 Å². The summed E-state index contributed by atoms with van der Waals surface area (Å²) in [4.78, 5) is 10.5. The standard InChI is InChI=1S/C10H13N5O2/c16-9-5-8(6-14-1-3-17-4-2-14)13-10-11-7-12-15(9)10/h5,7,16H,1-4,6H2. The second-order valence-corrected chi connectivity index (χ2v) is 3.97. The van der Waals surface area contributed by atoms with Crippen molar-refractivity contribution >= 4 is 5.78 Å². The summed E-state index contributed by atoms with van der Waals surface area (Å²) >= 11 is 0. The Labute approximate surface area is 97.7 Å². The predicted octanol–water partition coefficient (Wildman–Crippen LogP) is -0.338. The smallest absolute Gasteiger partial charge is 0.255 e. The molecule has 1 fully saturated rings. The Morgan fingerprint density at radius 1 is 1.35 bits per heavy atom. The van der Waals surface area contributed by atoms with Crippen molar-refractivity contribution in [3.8, 4) is 5.88 Å². The fourth-order valence-corrected chi connectivity index (χ4v) is 1.91. The molecular weight excluding hydrogens is 222 g/mol. The first-order chi connectivity index (χ1) is 8.33. The molecule has 1 aliphatic heterocycles. The zero-order valence-corrected chi connectivity index (χ0v) is 9.28. The normalized spacial score (nSPS) is 17.6. The molecule has 0 unspecified atom stereocenters. The Bertz CT molecular complexity index is 520. The molecule has 2 aromatic heterocycles. The molecule has 0 saturated carbocycles. The molecule has 1 N–H and O–H groups in total. The molecular formula is C10H13N5O2. The van der Waals surface area contributed by atoms with Crippen molar-refractivity contribution in [2.75, 3.05) is 26.3 Å². The maximum absolute atomic E-state index is 9.75. The average molecular weight is 235 g/mol. The molecule has 2 aromatic rings. The van der Waals surface area contributed by atoms with Crippen LogP contribution in [-0.4, -0.2) is 55.9 Å². The Morgan fingerprint density at radius 3 is 3.00 bits per heavy atom. The number of fused-ring (bicyclic) bond motifs is 1. The van der Waals surface area contributed by atoms with Gasteiger partial charge >= 0.3 is 0 Å². The van der Waals surface area contributed by atoms with Gasteiger partial charge < -0.3 is 9.84 Å². The van der Waals surface area contributed by atoms with Crippen molar-refractivity contribution < 1.29 is 9.84 Å². The molecule has 90 valence electrons. The molecule has 0 aliphatic carbocycles. The van der Waals surface area contributed by atoms with Gasteiger partial charge in [-0.2, -0.15) is 14.6 Å². The molecule has 1 aliphatic rings. The highest BCUT2D eigenvalue weighted by molar-refractivity contribution is 5.32. The fourth-order valence-electron chi connectivity index (χ4n) is 1.91. The summed E-state index contributed by atoms with van der Waals surface area (Å²) < 4.78 is 6.59. The largest absolute Gasteiger partial charge is 0.493 e. The molecule has 0 amide bonds. The van der Waals surface area contributed by atoms with E-state index in [0.29, 0.717) is 12.3 Å². The van der Waals surface area contributed by atoms with E-state index in [4.69, 9.17) is 4.74 Å². The van der Waals surface area contributed by atoms with E-state index in [2.05, 4.69) is 20.0 Å². The highest BCUT2D eigenvalue weighted by Gasteiger charge is 2.13. The van der Waals surface area contributed by atoms with E-state index < -0.39 is 0 Å². The first-order valence-electron chi connectivity index (χ1n) is 5.51. The summed E-state index contributed by atoms with van der Waals surface area (Å²) in [6.07, 6.45) is 1.38. The lowest BCUT2D eigenvalue weighted by Crippen LogP contribution is -2.35. The molecule has 1 saturated heterocycles. The van der Waals surface area contributed by atoms with Crippen LogP contribution in [0.5, 0.6) is 5.88 Å². The molecule has 7 heteroatoms. The van der Waals surface area contributed by atoms with Crippen LogP contribution in [0.4, 0.5) is 0 Å². The third-order valence-electron chi connectivity index (χ3n) is 2.78. The molecule has 17 heavy (non-hydrogen) atoms. The van der Waals surface area contributed by atoms with E-state index in [9.17, 15) is 5.11 Å². The molecule has 7 nitrogen and oxygen atoms in total. The van der Waals surface area contributed by atoms with E-state index in [1.54, 1.807) is 6.07 Å². The molecule has 0 bridgehead atoms. The van der Waals surface area contributed by atoms with Gasteiger partial charge in [0.1, 0.15) is 6.33 Å². The molecule has 0 spiro atoms. The lowest BCUT2D eigenvalue weighted by Gasteiger charge is -2.26. The van der Waals surface area contributed by atoms with Crippen LogP contribution in [0.2, 0.25) is 0 Å². The minimum atomic E-state index is 0.0655. The van der Waals surface area contributed by atoms with Crippen LogP contribution in [0, 0.1) is 0 Å². The number of rotatable bonds is 2. The zero-order chi connectivity index (χ0) is 11.7. The average Bonchev–Trinajstić information content (AvgIpc) is 2.79. The van der Waals surface area contributed by atoms with Gasteiger partial charge in [0, 0.05) is 25.7 Å². The van der Waals surface area contributed by atoms with Crippen molar-refractivity contribution in [2.45, 2.75) is 6.54 Å². The molecule has 3 heterocycles. The monoisotopic (exact) mass is 235 g/mol. The van der Waals surface area contributed by atoms with Crippen molar-refractivity contribution in [3.05, 3.63) is 18.1 Å². The van der Waals surface area contributed by atoms with Gasteiger partial charge in [-0.15, -0.1) is 0 Å². The predicted molar refractivity (Wildman–Crippen MR) is 58.5 cm³/mol. The number of aromatic nitrogens is 4. The SMILES string of the molecule is Oc1cc(CN2CCOCC2)nc2ncnn12. The quantitative estimate of drug-likeness (QED) is 0.767. The summed E-state index contributed by atoms with van der Waals surface area (Å²) in [6, 6.07) is 1.62. The molecule has 0 radical (unpaired) electrons. The van der Waals surface area contributed by atoms with E-state index in [1.165, 1.54) is 10.8 Å². The summed E-state index contributed by atoms with van der Waals surface area (Å²) in [6.45, 7) is 3.97. The van der Waals surface area contributed by atoms with Gasteiger partial charge in [0.2, 0.25) is 5.88 Å². The number of hydrogen-bond acceptors (Lipinski definition) is 6. The van der Waals surface area contributed by atoms with Crippen molar-refractivity contribution in [2.24, 2.45) is 0 Å². The second kappa shape index (κ2) is 4.27. The summed E-state index contributed by atoms with van der Waals surface area (Å²) in [5, 5.41) is 13.6. The van der Waals surface area contributed by atoms with Crippen LogP contribution in [-0.2, 0) is 11.3 Å². The van der Waals surface area contributed by atoms with Crippen LogP contribution in [0.15, 0.2) is 12.4 Å². The summed E-state index contributed by atoms with van der Waals surface area (Å²) in [5.74, 6) is 0.490. The van der Waals surface area contributed by atoms with Crippen LogP contribution < -0.4 is 0 Å². The molecule has 0 atom stereocenters. The van der Waals surface area contributed by atoms with Gasteiger partial charge in [-0.05, 0) is 0 Å². The number of ether oxygens (including phenoxy) is 1. The van der Waals surface area contributed by atoms with E-state index >= 15 is 0 Å². The van der Waals surface area contributed by atoms with Crippen molar-refractivity contribution in [1.82, 2.24) is 24.5 Å². The fraction of sp³-hybridized carbons (Fsp3) is 0.500. The van der Waals surface area contributed by atoms with Crippen molar-refractivity contribution in [1.29, 1.82) is 0 Å². The Morgan fingerprint density at radius 2 is 2.18 bits per heavy atom. The number of nitrogens with zero attached hydrogens (tertiary/aromatic N) is 5. The topological polar surface area (TPSA) is 75.8 Å². The summed E-state index contributed by atoms with van der Waals surface area (Å²) in [5.41, 5.74) is 0.796. The first kappa shape index (κ1) is 10.4. The third-order valence-corrected chi connectivity index (χ3v) is 2.78.